The van der Waals surface area contributed by atoms with Crippen molar-refractivity contribution in [3.8, 4) is 11.1 Å². The summed E-state index contributed by atoms with van der Waals surface area (Å²) in [5, 5.41) is 23.6. The molecular formula is C20H18N2O4. The number of nitro benzene ring substituents is 1. The molecule has 6 heteroatoms. The smallest absolute Gasteiger partial charge is 0.269 e. The maximum Gasteiger partial charge on any atom is 0.269 e. The predicted molar refractivity (Wildman–Crippen MR) is 96.8 cm³/mol. The number of nitro groups is 1. The number of carbonyl (C=O) groups is 1. The van der Waals surface area contributed by atoms with Crippen molar-refractivity contribution in [2.24, 2.45) is 11.1 Å². The fraction of sp³-hybridized carbons (Fsp3) is 0.300. The van der Waals surface area contributed by atoms with Gasteiger partial charge in [0, 0.05) is 23.6 Å². The third-order valence-electron chi connectivity index (χ3n) is 5.42. The van der Waals surface area contributed by atoms with Gasteiger partial charge in [0.25, 0.3) is 5.69 Å². The molecule has 1 fully saturated rings. The molecule has 0 bridgehead atoms. The largest absolute Gasteiger partial charge is 0.411 e. The number of fused-ring (bicyclic) bond motifs is 3. The summed E-state index contributed by atoms with van der Waals surface area (Å²) in [5.74, 6) is -0.204. The van der Waals surface area contributed by atoms with Crippen LogP contribution in [0.3, 0.4) is 0 Å². The first-order chi connectivity index (χ1) is 12.6. The molecule has 0 unspecified atom stereocenters. The highest BCUT2D eigenvalue weighted by Crippen LogP contribution is 2.39. The van der Waals surface area contributed by atoms with E-state index in [1.165, 1.54) is 6.07 Å². The van der Waals surface area contributed by atoms with Crippen molar-refractivity contribution in [3.05, 3.63) is 63.2 Å². The van der Waals surface area contributed by atoms with Gasteiger partial charge in [0.15, 0.2) is 0 Å². The lowest BCUT2D eigenvalue weighted by atomic mass is 9.93. The average molecular weight is 350 g/mol. The molecule has 2 aliphatic carbocycles. The second-order valence-electron chi connectivity index (χ2n) is 6.94. The monoisotopic (exact) mass is 350 g/mol. The third kappa shape index (κ3) is 2.67. The lowest BCUT2D eigenvalue weighted by molar-refractivity contribution is -0.384. The van der Waals surface area contributed by atoms with E-state index < -0.39 is 4.92 Å². The van der Waals surface area contributed by atoms with Crippen molar-refractivity contribution >= 4 is 17.2 Å². The highest BCUT2D eigenvalue weighted by Gasteiger charge is 2.29. The number of nitrogens with zero attached hydrogens (tertiary/aromatic N) is 2. The molecule has 0 heterocycles. The van der Waals surface area contributed by atoms with Gasteiger partial charge in [-0.05, 0) is 53.6 Å². The molecule has 1 N–H and O–H groups in total. The van der Waals surface area contributed by atoms with Crippen LogP contribution in [-0.4, -0.2) is 21.6 Å². The summed E-state index contributed by atoms with van der Waals surface area (Å²) in [4.78, 5) is 23.4. The number of Topliss-reactive ketones (excluding diaryl/α,β-unsaturated/α-hetero) is 1. The molecule has 26 heavy (non-hydrogen) atoms. The van der Waals surface area contributed by atoms with Crippen LogP contribution in [0.2, 0.25) is 0 Å². The molecule has 132 valence electrons. The SMILES string of the molecule is O=C(/C(=N/O)C1CCCC1)c1ccc2c(c1)Cc1cc([N+](=O)[O-])ccc1-2. The van der Waals surface area contributed by atoms with Crippen molar-refractivity contribution in [2.75, 3.05) is 0 Å². The predicted octanol–water partition coefficient (Wildman–Crippen LogP) is 4.37. The van der Waals surface area contributed by atoms with Gasteiger partial charge in [-0.3, -0.25) is 14.9 Å². The molecular weight excluding hydrogens is 332 g/mol. The van der Waals surface area contributed by atoms with Gasteiger partial charge in [0.2, 0.25) is 5.78 Å². The Balaban J connectivity index is 1.65. The van der Waals surface area contributed by atoms with Crippen molar-refractivity contribution < 1.29 is 14.9 Å². The van der Waals surface area contributed by atoms with Crippen LogP contribution in [0.5, 0.6) is 0 Å². The average Bonchev–Trinajstić information content (AvgIpc) is 3.28. The first-order valence-electron chi connectivity index (χ1n) is 8.75. The molecule has 6 nitrogen and oxygen atoms in total. The van der Waals surface area contributed by atoms with E-state index in [1.54, 1.807) is 18.2 Å². The van der Waals surface area contributed by atoms with Crippen molar-refractivity contribution in [1.82, 2.24) is 0 Å². The van der Waals surface area contributed by atoms with Crippen LogP contribution in [0.25, 0.3) is 11.1 Å². The molecule has 2 aliphatic rings. The third-order valence-corrected chi connectivity index (χ3v) is 5.42. The topological polar surface area (TPSA) is 92.8 Å². The van der Waals surface area contributed by atoms with Crippen LogP contribution in [0.15, 0.2) is 41.6 Å². The lowest BCUT2D eigenvalue weighted by Crippen LogP contribution is -2.22. The zero-order chi connectivity index (χ0) is 18.3. The minimum absolute atomic E-state index is 0.0283. The van der Waals surface area contributed by atoms with Crippen LogP contribution >= 0.6 is 0 Å². The Morgan fingerprint density at radius 3 is 2.38 bits per heavy atom. The van der Waals surface area contributed by atoms with E-state index in [-0.39, 0.29) is 23.1 Å². The normalized spacial score (nSPS) is 16.4. The van der Waals surface area contributed by atoms with Gasteiger partial charge in [-0.1, -0.05) is 30.1 Å². The molecule has 2 aromatic rings. The fourth-order valence-electron chi connectivity index (χ4n) is 4.11. The number of non-ortho nitro benzene ring substituents is 1. The summed E-state index contributed by atoms with van der Waals surface area (Å²) in [7, 11) is 0. The number of hydrogen-bond acceptors (Lipinski definition) is 5. The van der Waals surface area contributed by atoms with Crippen LogP contribution in [0.4, 0.5) is 5.69 Å². The molecule has 0 atom stereocenters. The number of rotatable bonds is 4. The maximum atomic E-state index is 12.8. The summed E-state index contributed by atoms with van der Waals surface area (Å²) >= 11 is 0. The van der Waals surface area contributed by atoms with E-state index in [9.17, 15) is 20.1 Å². The number of carbonyl (C=O) groups excluding carboxylic acids is 1. The Hall–Kier alpha value is -3.02. The molecule has 0 spiro atoms. The Morgan fingerprint density at radius 2 is 1.73 bits per heavy atom. The number of ketones is 1. The zero-order valence-corrected chi connectivity index (χ0v) is 14.1. The Bertz CT molecular complexity index is 943. The molecule has 4 rings (SSSR count). The van der Waals surface area contributed by atoms with E-state index >= 15 is 0 Å². The van der Waals surface area contributed by atoms with Crippen molar-refractivity contribution in [1.29, 1.82) is 0 Å². The van der Waals surface area contributed by atoms with Gasteiger partial charge >= 0.3 is 0 Å². The van der Waals surface area contributed by atoms with E-state index in [0.717, 1.165) is 47.9 Å². The Morgan fingerprint density at radius 1 is 1.08 bits per heavy atom. The molecule has 0 amide bonds. The molecule has 0 aromatic heterocycles. The lowest BCUT2D eigenvalue weighted by Gasteiger charge is -2.11. The maximum absolute atomic E-state index is 12.8. The van der Waals surface area contributed by atoms with E-state index in [2.05, 4.69) is 5.16 Å². The summed E-state index contributed by atoms with van der Waals surface area (Å²) < 4.78 is 0. The van der Waals surface area contributed by atoms with Crippen LogP contribution in [-0.2, 0) is 6.42 Å². The number of hydrogen-bond donors (Lipinski definition) is 1. The Kier molecular flexibility index (Phi) is 4.03. The fourth-order valence-corrected chi connectivity index (χ4v) is 4.11. The molecule has 2 aromatic carbocycles. The number of benzene rings is 2. The summed E-state index contributed by atoms with van der Waals surface area (Å²) in [5.41, 5.74) is 4.65. The molecule has 0 saturated heterocycles. The first kappa shape index (κ1) is 16.4. The van der Waals surface area contributed by atoms with Crippen molar-refractivity contribution in [3.63, 3.8) is 0 Å². The van der Waals surface area contributed by atoms with Crippen LogP contribution in [0, 0.1) is 16.0 Å². The first-order valence-corrected chi connectivity index (χ1v) is 8.75. The van der Waals surface area contributed by atoms with Gasteiger partial charge in [-0.15, -0.1) is 0 Å². The van der Waals surface area contributed by atoms with Gasteiger partial charge in [-0.25, -0.2) is 0 Å². The highest BCUT2D eigenvalue weighted by molar-refractivity contribution is 6.46. The zero-order valence-electron chi connectivity index (χ0n) is 14.1. The molecule has 0 radical (unpaired) electrons. The van der Waals surface area contributed by atoms with Crippen LogP contribution in [0.1, 0.15) is 47.2 Å². The van der Waals surface area contributed by atoms with E-state index in [4.69, 9.17) is 0 Å². The second kappa shape index (κ2) is 6.37. The minimum atomic E-state index is -0.399. The summed E-state index contributed by atoms with van der Waals surface area (Å²) in [6.45, 7) is 0. The van der Waals surface area contributed by atoms with Gasteiger partial charge < -0.3 is 5.21 Å². The van der Waals surface area contributed by atoms with Gasteiger partial charge in [0.1, 0.15) is 5.71 Å². The standard InChI is InChI=1S/C20H18N2O4/c23-20(19(21-24)12-3-1-2-4-12)13-5-7-17-14(9-13)10-15-11-16(22(25)26)6-8-18(15)17/h5-9,11-12,24H,1-4,10H2/b21-19+. The minimum Gasteiger partial charge on any atom is -0.411 e. The van der Waals surface area contributed by atoms with Gasteiger partial charge in [-0.2, -0.15) is 0 Å². The second-order valence-corrected chi connectivity index (χ2v) is 6.94. The summed E-state index contributed by atoms with van der Waals surface area (Å²) in [6, 6.07) is 10.3. The molecule has 1 saturated carbocycles. The van der Waals surface area contributed by atoms with E-state index in [1.807, 2.05) is 12.1 Å². The summed E-state index contributed by atoms with van der Waals surface area (Å²) in [6.07, 6.45) is 4.42. The van der Waals surface area contributed by atoms with Crippen LogP contribution < -0.4 is 0 Å². The Labute approximate surface area is 150 Å². The quantitative estimate of drug-likeness (QED) is 0.249. The van der Waals surface area contributed by atoms with Crippen molar-refractivity contribution in [2.45, 2.75) is 32.1 Å². The molecule has 0 aliphatic heterocycles. The van der Waals surface area contributed by atoms with Gasteiger partial charge in [0.05, 0.1) is 4.92 Å². The van der Waals surface area contributed by atoms with E-state index in [0.29, 0.717) is 12.0 Å². The number of oxime groups is 1. The highest BCUT2D eigenvalue weighted by atomic mass is 16.6.